The zero-order valence-electron chi connectivity index (χ0n) is 10.8. The topological polar surface area (TPSA) is 38.9 Å². The van der Waals surface area contributed by atoms with Crippen molar-refractivity contribution in [2.75, 3.05) is 0 Å². The largest absolute Gasteiger partial charge is 0.411 e. The van der Waals surface area contributed by atoms with Crippen molar-refractivity contribution in [1.29, 1.82) is 0 Å². The molecule has 6 heteroatoms. The third-order valence-electron chi connectivity index (χ3n) is 2.81. The molecule has 0 N–H and O–H groups in total. The van der Waals surface area contributed by atoms with Gasteiger partial charge < -0.3 is 4.42 Å². The van der Waals surface area contributed by atoms with Crippen molar-refractivity contribution < 1.29 is 4.42 Å². The third-order valence-corrected chi connectivity index (χ3v) is 4.57. The first-order chi connectivity index (χ1) is 10.2. The highest BCUT2D eigenvalue weighted by atomic mass is 79.9. The predicted molar refractivity (Wildman–Crippen MR) is 88.4 cm³/mol. The fraction of sp³-hybridized carbons (Fsp3) is 0.0667. The van der Waals surface area contributed by atoms with Crippen LogP contribution in [-0.4, -0.2) is 10.2 Å². The fourth-order valence-corrected chi connectivity index (χ4v) is 3.05. The van der Waals surface area contributed by atoms with Gasteiger partial charge in [0.25, 0.3) is 5.22 Å². The molecule has 0 radical (unpaired) electrons. The van der Waals surface area contributed by atoms with Crippen LogP contribution >= 0.6 is 39.3 Å². The van der Waals surface area contributed by atoms with Crippen LogP contribution in [0.3, 0.4) is 0 Å². The molecular weight excluding hydrogens is 372 g/mol. The number of hydrogen-bond donors (Lipinski definition) is 0. The summed E-state index contributed by atoms with van der Waals surface area (Å²) in [4.78, 5) is 0. The summed E-state index contributed by atoms with van der Waals surface area (Å²) in [5, 5.41) is 9.40. The molecule has 3 rings (SSSR count). The Bertz CT molecular complexity index is 745. The highest BCUT2D eigenvalue weighted by Gasteiger charge is 2.10. The Morgan fingerprint density at radius 3 is 2.57 bits per heavy atom. The second kappa shape index (κ2) is 6.64. The van der Waals surface area contributed by atoms with E-state index in [4.69, 9.17) is 16.0 Å². The summed E-state index contributed by atoms with van der Waals surface area (Å²) >= 11 is 11.0. The summed E-state index contributed by atoms with van der Waals surface area (Å²) in [5.74, 6) is 1.21. The van der Waals surface area contributed by atoms with Crippen molar-refractivity contribution >= 4 is 39.3 Å². The maximum atomic E-state index is 6.12. The van der Waals surface area contributed by atoms with Gasteiger partial charge in [0.15, 0.2) is 0 Å². The summed E-state index contributed by atoms with van der Waals surface area (Å²) in [5.41, 5.74) is 1.95. The SMILES string of the molecule is Clc1ccccc1CSc1nnc(-c2ccc(Br)cc2)o1. The molecule has 1 heterocycles. The quantitative estimate of drug-likeness (QED) is 0.564. The third kappa shape index (κ3) is 3.67. The zero-order valence-corrected chi connectivity index (χ0v) is 14.0. The van der Waals surface area contributed by atoms with E-state index in [1.54, 1.807) is 0 Å². The van der Waals surface area contributed by atoms with E-state index in [-0.39, 0.29) is 0 Å². The van der Waals surface area contributed by atoms with Crippen molar-refractivity contribution in [3.05, 3.63) is 63.6 Å². The van der Waals surface area contributed by atoms with E-state index in [9.17, 15) is 0 Å². The van der Waals surface area contributed by atoms with Crippen LogP contribution in [-0.2, 0) is 5.75 Å². The number of thioether (sulfide) groups is 1. The van der Waals surface area contributed by atoms with Gasteiger partial charge in [-0.2, -0.15) is 0 Å². The monoisotopic (exact) mass is 380 g/mol. The predicted octanol–water partition coefficient (Wildman–Crippen LogP) is 5.44. The molecule has 1 aromatic heterocycles. The molecule has 0 fully saturated rings. The van der Waals surface area contributed by atoms with Crippen molar-refractivity contribution in [2.45, 2.75) is 11.0 Å². The van der Waals surface area contributed by atoms with E-state index in [2.05, 4.69) is 26.1 Å². The van der Waals surface area contributed by atoms with Crippen molar-refractivity contribution in [3.8, 4) is 11.5 Å². The molecule has 0 amide bonds. The molecule has 3 aromatic rings. The first-order valence-electron chi connectivity index (χ1n) is 6.18. The molecule has 21 heavy (non-hydrogen) atoms. The van der Waals surface area contributed by atoms with Crippen LogP contribution < -0.4 is 0 Å². The minimum atomic E-state index is 0.518. The Labute approximate surface area is 139 Å². The number of nitrogens with zero attached hydrogens (tertiary/aromatic N) is 2. The minimum absolute atomic E-state index is 0.518. The summed E-state index contributed by atoms with van der Waals surface area (Å²) in [6.45, 7) is 0. The van der Waals surface area contributed by atoms with Gasteiger partial charge >= 0.3 is 0 Å². The van der Waals surface area contributed by atoms with Gasteiger partial charge in [0, 0.05) is 20.8 Å². The molecule has 0 spiro atoms. The van der Waals surface area contributed by atoms with Crippen LogP contribution in [0.4, 0.5) is 0 Å². The van der Waals surface area contributed by atoms with Crippen molar-refractivity contribution in [3.63, 3.8) is 0 Å². The maximum absolute atomic E-state index is 6.12. The number of benzene rings is 2. The number of aromatic nitrogens is 2. The minimum Gasteiger partial charge on any atom is -0.411 e. The molecule has 0 aliphatic heterocycles. The van der Waals surface area contributed by atoms with Crippen LogP contribution in [0.15, 0.2) is 62.6 Å². The van der Waals surface area contributed by atoms with Gasteiger partial charge in [-0.25, -0.2) is 0 Å². The smallest absolute Gasteiger partial charge is 0.277 e. The fourth-order valence-electron chi connectivity index (χ4n) is 1.73. The van der Waals surface area contributed by atoms with E-state index in [1.165, 1.54) is 11.8 Å². The number of rotatable bonds is 4. The van der Waals surface area contributed by atoms with Crippen LogP contribution in [0.1, 0.15) is 5.56 Å². The van der Waals surface area contributed by atoms with Gasteiger partial charge in [-0.05, 0) is 35.9 Å². The lowest BCUT2D eigenvalue weighted by Crippen LogP contribution is -1.81. The highest BCUT2D eigenvalue weighted by Crippen LogP contribution is 2.28. The van der Waals surface area contributed by atoms with Gasteiger partial charge in [-0.3, -0.25) is 0 Å². The average Bonchev–Trinajstić information content (AvgIpc) is 2.96. The second-order valence-electron chi connectivity index (χ2n) is 4.26. The number of hydrogen-bond acceptors (Lipinski definition) is 4. The molecule has 0 saturated carbocycles. The normalized spacial score (nSPS) is 10.8. The number of halogens is 2. The van der Waals surface area contributed by atoms with E-state index >= 15 is 0 Å². The molecule has 0 saturated heterocycles. The lowest BCUT2D eigenvalue weighted by molar-refractivity contribution is 0.466. The first kappa shape index (κ1) is 14.6. The van der Waals surface area contributed by atoms with Crippen LogP contribution in [0.25, 0.3) is 11.5 Å². The summed E-state index contributed by atoms with van der Waals surface area (Å²) in [6.07, 6.45) is 0. The summed E-state index contributed by atoms with van der Waals surface area (Å²) in [7, 11) is 0. The molecular formula is C15H10BrClN2OS. The van der Waals surface area contributed by atoms with Crippen molar-refractivity contribution in [1.82, 2.24) is 10.2 Å². The molecule has 2 aromatic carbocycles. The summed E-state index contributed by atoms with van der Waals surface area (Å²) in [6, 6.07) is 15.5. The van der Waals surface area contributed by atoms with Gasteiger partial charge in [0.05, 0.1) is 0 Å². The molecule has 0 aliphatic carbocycles. The van der Waals surface area contributed by atoms with Gasteiger partial charge in [0.2, 0.25) is 5.89 Å². The van der Waals surface area contributed by atoms with Gasteiger partial charge in [-0.15, -0.1) is 10.2 Å². The lowest BCUT2D eigenvalue weighted by atomic mass is 10.2. The lowest BCUT2D eigenvalue weighted by Gasteiger charge is -2.00. The van der Waals surface area contributed by atoms with Crippen LogP contribution in [0.2, 0.25) is 5.02 Å². The Morgan fingerprint density at radius 1 is 1.05 bits per heavy atom. The Hall–Kier alpha value is -1.30. The molecule has 0 unspecified atom stereocenters. The highest BCUT2D eigenvalue weighted by molar-refractivity contribution is 9.10. The molecule has 0 aliphatic rings. The van der Waals surface area contributed by atoms with E-state index in [1.807, 2.05) is 48.5 Å². The first-order valence-corrected chi connectivity index (χ1v) is 8.34. The summed E-state index contributed by atoms with van der Waals surface area (Å²) < 4.78 is 6.67. The zero-order chi connectivity index (χ0) is 14.7. The Morgan fingerprint density at radius 2 is 1.81 bits per heavy atom. The second-order valence-corrected chi connectivity index (χ2v) is 6.51. The van der Waals surface area contributed by atoms with E-state index < -0.39 is 0 Å². The molecule has 0 atom stereocenters. The molecule has 0 bridgehead atoms. The van der Waals surface area contributed by atoms with Crippen LogP contribution in [0.5, 0.6) is 0 Å². The molecule has 3 nitrogen and oxygen atoms in total. The van der Waals surface area contributed by atoms with Gasteiger partial charge in [0.1, 0.15) is 0 Å². The van der Waals surface area contributed by atoms with E-state index in [0.29, 0.717) is 16.9 Å². The van der Waals surface area contributed by atoms with E-state index in [0.717, 1.165) is 20.6 Å². The maximum Gasteiger partial charge on any atom is 0.277 e. The van der Waals surface area contributed by atoms with Gasteiger partial charge in [-0.1, -0.05) is 57.5 Å². The standard InChI is InChI=1S/C15H10BrClN2OS/c16-12-7-5-10(6-8-12)14-18-19-15(20-14)21-9-11-3-1-2-4-13(11)17/h1-8H,9H2. The Kier molecular flexibility index (Phi) is 4.63. The molecule has 106 valence electrons. The van der Waals surface area contributed by atoms with Crippen LogP contribution in [0, 0.1) is 0 Å². The van der Waals surface area contributed by atoms with Crippen molar-refractivity contribution in [2.24, 2.45) is 0 Å². The Balaban J connectivity index is 1.71. The average molecular weight is 382 g/mol.